The summed E-state index contributed by atoms with van der Waals surface area (Å²) in [5.74, 6) is 0.228. The summed E-state index contributed by atoms with van der Waals surface area (Å²) < 4.78 is 40.6. The van der Waals surface area contributed by atoms with Gasteiger partial charge in [0.15, 0.2) is 0 Å². The van der Waals surface area contributed by atoms with E-state index in [0.717, 1.165) is 56.2 Å². The van der Waals surface area contributed by atoms with E-state index in [4.69, 9.17) is 11.6 Å². The second kappa shape index (κ2) is 9.63. The van der Waals surface area contributed by atoms with Crippen LogP contribution in [-0.2, 0) is 11.2 Å². The van der Waals surface area contributed by atoms with Crippen molar-refractivity contribution in [1.29, 1.82) is 0 Å². The fraction of sp³-hybridized carbons (Fsp3) is 0.409. The van der Waals surface area contributed by atoms with E-state index in [-0.39, 0.29) is 11.8 Å². The Kier molecular flexibility index (Phi) is 7.19. The van der Waals surface area contributed by atoms with Gasteiger partial charge in [0, 0.05) is 11.6 Å². The Hall–Kier alpha value is -2.05. The van der Waals surface area contributed by atoms with Crippen molar-refractivity contribution in [3.8, 4) is 5.75 Å². The fourth-order valence-electron chi connectivity index (χ4n) is 3.85. The van der Waals surface area contributed by atoms with Gasteiger partial charge < -0.3 is 9.53 Å². The van der Waals surface area contributed by atoms with Crippen molar-refractivity contribution in [3.05, 3.63) is 64.7 Å². The van der Waals surface area contributed by atoms with E-state index >= 15 is 0 Å². The highest BCUT2D eigenvalue weighted by Crippen LogP contribution is 2.29. The molecule has 0 saturated carbocycles. The van der Waals surface area contributed by atoms with Gasteiger partial charge in [-0.1, -0.05) is 35.9 Å². The molecule has 156 valence electrons. The highest BCUT2D eigenvalue weighted by molar-refractivity contribution is 6.30. The van der Waals surface area contributed by atoms with Crippen molar-refractivity contribution >= 4 is 17.9 Å². The number of aldehydes is 1. The summed E-state index contributed by atoms with van der Waals surface area (Å²) in [5, 5.41) is 0.640. The Morgan fingerprint density at radius 1 is 1.14 bits per heavy atom. The standard InChI is InChI=1S/C22H23ClF3NO2/c23-19-9-7-18(8-10-19)21(15-28)27-13-1-2-17(14-27)4-3-16-5-11-20(12-6-16)29-22(24,25)26/h5-12,15,17,21H,1-4,13-14H2. The van der Waals surface area contributed by atoms with Crippen LogP contribution < -0.4 is 4.74 Å². The van der Waals surface area contributed by atoms with Crippen molar-refractivity contribution in [2.45, 2.75) is 38.1 Å². The molecule has 0 aromatic heterocycles. The number of hydrogen-bond donors (Lipinski definition) is 0. The first-order valence-electron chi connectivity index (χ1n) is 9.63. The molecule has 1 aliphatic heterocycles. The zero-order valence-corrected chi connectivity index (χ0v) is 16.6. The molecule has 2 unspecified atom stereocenters. The van der Waals surface area contributed by atoms with Gasteiger partial charge in [0.2, 0.25) is 0 Å². The minimum Gasteiger partial charge on any atom is -0.406 e. The van der Waals surface area contributed by atoms with Crippen LogP contribution >= 0.6 is 11.6 Å². The molecule has 29 heavy (non-hydrogen) atoms. The summed E-state index contributed by atoms with van der Waals surface area (Å²) >= 11 is 5.94. The maximum atomic E-state index is 12.2. The van der Waals surface area contributed by atoms with E-state index < -0.39 is 6.36 Å². The van der Waals surface area contributed by atoms with Crippen LogP contribution in [0.2, 0.25) is 5.02 Å². The molecule has 0 N–H and O–H groups in total. The first kappa shape index (κ1) is 21.7. The summed E-state index contributed by atoms with van der Waals surface area (Å²) in [4.78, 5) is 13.9. The molecule has 2 aromatic rings. The van der Waals surface area contributed by atoms with Gasteiger partial charge in [-0.05, 0) is 73.5 Å². The van der Waals surface area contributed by atoms with Crippen LogP contribution in [0.5, 0.6) is 5.75 Å². The number of carbonyl (C=O) groups is 1. The molecule has 1 saturated heterocycles. The monoisotopic (exact) mass is 425 g/mol. The summed E-state index contributed by atoms with van der Waals surface area (Å²) in [6.07, 6.45) is 0.0931. The molecule has 2 atom stereocenters. The molecule has 0 bridgehead atoms. The molecular formula is C22H23ClF3NO2. The zero-order chi connectivity index (χ0) is 20.9. The molecule has 1 fully saturated rings. The van der Waals surface area contributed by atoms with E-state index in [1.54, 1.807) is 24.3 Å². The SMILES string of the molecule is O=CC(c1ccc(Cl)cc1)N1CCCC(CCc2ccc(OC(F)(F)F)cc2)C1. The second-order valence-electron chi connectivity index (χ2n) is 7.37. The third kappa shape index (κ3) is 6.47. The Labute approximate surface area is 173 Å². The molecule has 2 aromatic carbocycles. The lowest BCUT2D eigenvalue weighted by Gasteiger charge is -2.36. The van der Waals surface area contributed by atoms with Crippen molar-refractivity contribution in [3.63, 3.8) is 0 Å². The lowest BCUT2D eigenvalue weighted by atomic mass is 9.90. The molecule has 0 amide bonds. The topological polar surface area (TPSA) is 29.5 Å². The number of aryl methyl sites for hydroxylation is 1. The Bertz CT molecular complexity index is 793. The highest BCUT2D eigenvalue weighted by atomic mass is 35.5. The number of rotatable bonds is 7. The molecule has 0 spiro atoms. The minimum absolute atomic E-state index is 0.207. The number of alkyl halides is 3. The van der Waals surface area contributed by atoms with Gasteiger partial charge in [0.05, 0.1) is 6.04 Å². The number of carbonyl (C=O) groups excluding carboxylic acids is 1. The average molecular weight is 426 g/mol. The van der Waals surface area contributed by atoms with Crippen molar-refractivity contribution < 1.29 is 22.7 Å². The van der Waals surface area contributed by atoms with Crippen molar-refractivity contribution in [1.82, 2.24) is 4.90 Å². The van der Waals surface area contributed by atoms with Crippen molar-refractivity contribution in [2.24, 2.45) is 5.92 Å². The third-order valence-corrected chi connectivity index (χ3v) is 5.53. The number of hydrogen-bond acceptors (Lipinski definition) is 3. The van der Waals surface area contributed by atoms with E-state index in [0.29, 0.717) is 10.9 Å². The number of ether oxygens (including phenoxy) is 1. The lowest BCUT2D eigenvalue weighted by molar-refractivity contribution is -0.274. The van der Waals surface area contributed by atoms with Gasteiger partial charge in [0.1, 0.15) is 12.0 Å². The summed E-state index contributed by atoms with van der Waals surface area (Å²) in [6, 6.07) is 13.1. The van der Waals surface area contributed by atoms with Crippen LogP contribution in [0.3, 0.4) is 0 Å². The first-order chi connectivity index (χ1) is 13.8. The van der Waals surface area contributed by atoms with Crippen LogP contribution in [0.25, 0.3) is 0 Å². The van der Waals surface area contributed by atoms with Gasteiger partial charge in [-0.3, -0.25) is 4.90 Å². The number of nitrogens with zero attached hydrogens (tertiary/aromatic N) is 1. The number of halogens is 4. The van der Waals surface area contributed by atoms with E-state index in [9.17, 15) is 18.0 Å². The molecule has 3 rings (SSSR count). The Morgan fingerprint density at radius 2 is 1.83 bits per heavy atom. The zero-order valence-electron chi connectivity index (χ0n) is 15.9. The van der Waals surface area contributed by atoms with Crippen LogP contribution in [0, 0.1) is 5.92 Å². The molecule has 1 heterocycles. The normalized spacial score (nSPS) is 19.0. The van der Waals surface area contributed by atoms with Gasteiger partial charge in [0.25, 0.3) is 0 Å². The van der Waals surface area contributed by atoms with Crippen molar-refractivity contribution in [2.75, 3.05) is 13.1 Å². The maximum Gasteiger partial charge on any atom is 0.573 e. The van der Waals surface area contributed by atoms with Gasteiger partial charge >= 0.3 is 6.36 Å². The van der Waals surface area contributed by atoms with E-state index in [2.05, 4.69) is 9.64 Å². The fourth-order valence-corrected chi connectivity index (χ4v) is 3.98. The smallest absolute Gasteiger partial charge is 0.406 e. The van der Waals surface area contributed by atoms with Crippen LogP contribution in [-0.4, -0.2) is 30.6 Å². The largest absolute Gasteiger partial charge is 0.573 e. The molecular weight excluding hydrogens is 403 g/mol. The first-order valence-corrected chi connectivity index (χ1v) is 10.0. The molecule has 0 radical (unpaired) electrons. The Morgan fingerprint density at radius 3 is 2.45 bits per heavy atom. The third-order valence-electron chi connectivity index (χ3n) is 5.28. The number of benzene rings is 2. The second-order valence-corrected chi connectivity index (χ2v) is 7.80. The van der Waals surface area contributed by atoms with Crippen LogP contribution in [0.4, 0.5) is 13.2 Å². The molecule has 3 nitrogen and oxygen atoms in total. The average Bonchev–Trinajstić information content (AvgIpc) is 2.69. The Balaban J connectivity index is 1.55. The summed E-state index contributed by atoms with van der Waals surface area (Å²) in [7, 11) is 0. The van der Waals surface area contributed by atoms with Gasteiger partial charge in [-0.25, -0.2) is 0 Å². The van der Waals surface area contributed by atoms with Crippen LogP contribution in [0.15, 0.2) is 48.5 Å². The van der Waals surface area contributed by atoms with E-state index in [1.807, 2.05) is 12.1 Å². The quantitative estimate of drug-likeness (QED) is 0.523. The predicted molar refractivity (Wildman–Crippen MR) is 106 cm³/mol. The molecule has 7 heteroatoms. The maximum absolute atomic E-state index is 12.2. The van der Waals surface area contributed by atoms with Gasteiger partial charge in [-0.15, -0.1) is 13.2 Å². The number of piperidine rings is 1. The minimum atomic E-state index is -4.67. The number of likely N-dealkylation sites (tertiary alicyclic amines) is 1. The molecule has 1 aliphatic rings. The summed E-state index contributed by atoms with van der Waals surface area (Å²) in [6.45, 7) is 1.69. The lowest BCUT2D eigenvalue weighted by Crippen LogP contribution is -2.39. The van der Waals surface area contributed by atoms with Crippen LogP contribution in [0.1, 0.15) is 36.4 Å². The van der Waals surface area contributed by atoms with Gasteiger partial charge in [-0.2, -0.15) is 0 Å². The van der Waals surface area contributed by atoms with E-state index in [1.165, 1.54) is 12.1 Å². The predicted octanol–water partition coefficient (Wildman–Crippen LogP) is 5.82. The molecule has 0 aliphatic carbocycles. The summed E-state index contributed by atoms with van der Waals surface area (Å²) in [5.41, 5.74) is 1.91. The highest BCUT2D eigenvalue weighted by Gasteiger charge is 2.31.